The van der Waals surface area contributed by atoms with Gasteiger partial charge in [-0.3, -0.25) is 9.80 Å². The Hall–Kier alpha value is -1.64. The smallest absolute Gasteiger partial charge is 0.0233 e. The first-order valence-electron chi connectivity index (χ1n) is 8.88. The normalized spacial score (nSPS) is 25.4. The van der Waals surface area contributed by atoms with Crippen molar-refractivity contribution in [3.63, 3.8) is 0 Å². The SMILES string of the molecule is c1ccc(CN2CC3CC(C2)CN(Cc2ccccc2)C3)cc1. The molecule has 2 heteroatoms. The van der Waals surface area contributed by atoms with Crippen molar-refractivity contribution in [2.75, 3.05) is 26.2 Å². The molecule has 2 saturated heterocycles. The van der Waals surface area contributed by atoms with Gasteiger partial charge in [0.25, 0.3) is 0 Å². The van der Waals surface area contributed by atoms with E-state index in [4.69, 9.17) is 0 Å². The number of nitrogens with zero attached hydrogens (tertiary/aromatic N) is 2. The van der Waals surface area contributed by atoms with Crippen molar-refractivity contribution in [3.8, 4) is 0 Å². The van der Waals surface area contributed by atoms with E-state index in [0.29, 0.717) is 0 Å². The van der Waals surface area contributed by atoms with Crippen molar-refractivity contribution in [2.24, 2.45) is 11.8 Å². The highest BCUT2D eigenvalue weighted by atomic mass is 15.2. The Morgan fingerprint density at radius 2 is 1.00 bits per heavy atom. The van der Waals surface area contributed by atoms with Gasteiger partial charge < -0.3 is 0 Å². The Balaban J connectivity index is 1.35. The highest BCUT2D eigenvalue weighted by Gasteiger charge is 2.33. The largest absolute Gasteiger partial charge is 0.298 e. The summed E-state index contributed by atoms with van der Waals surface area (Å²) in [6, 6.07) is 21.9. The van der Waals surface area contributed by atoms with Gasteiger partial charge in [0.15, 0.2) is 0 Å². The van der Waals surface area contributed by atoms with Gasteiger partial charge in [-0.1, -0.05) is 60.7 Å². The van der Waals surface area contributed by atoms with Crippen LogP contribution in [0.15, 0.2) is 60.7 Å². The number of rotatable bonds is 4. The molecule has 0 unspecified atom stereocenters. The summed E-state index contributed by atoms with van der Waals surface area (Å²) in [5.41, 5.74) is 2.90. The van der Waals surface area contributed by atoms with Crippen LogP contribution in [-0.4, -0.2) is 36.0 Å². The molecule has 23 heavy (non-hydrogen) atoms. The lowest BCUT2D eigenvalue weighted by atomic mass is 9.84. The van der Waals surface area contributed by atoms with Gasteiger partial charge in [0.05, 0.1) is 0 Å². The summed E-state index contributed by atoms with van der Waals surface area (Å²) in [7, 11) is 0. The fraction of sp³-hybridized carbons (Fsp3) is 0.429. The van der Waals surface area contributed by atoms with Crippen LogP contribution in [0, 0.1) is 11.8 Å². The summed E-state index contributed by atoms with van der Waals surface area (Å²) in [5, 5.41) is 0. The maximum atomic E-state index is 2.67. The zero-order valence-electron chi connectivity index (χ0n) is 13.8. The lowest BCUT2D eigenvalue weighted by Crippen LogP contribution is -2.52. The Morgan fingerprint density at radius 1 is 0.609 bits per heavy atom. The lowest BCUT2D eigenvalue weighted by molar-refractivity contribution is 0.0242. The fourth-order valence-corrected chi connectivity index (χ4v) is 4.44. The third-order valence-corrected chi connectivity index (χ3v) is 5.23. The summed E-state index contributed by atoms with van der Waals surface area (Å²) >= 11 is 0. The topological polar surface area (TPSA) is 6.48 Å². The molecule has 2 aliphatic heterocycles. The average Bonchev–Trinajstić information content (AvgIpc) is 2.56. The molecular weight excluding hydrogens is 280 g/mol. The molecule has 4 rings (SSSR count). The van der Waals surface area contributed by atoms with Gasteiger partial charge in [-0.15, -0.1) is 0 Å². The van der Waals surface area contributed by atoms with E-state index in [1.165, 1.54) is 43.7 Å². The van der Waals surface area contributed by atoms with E-state index >= 15 is 0 Å². The van der Waals surface area contributed by atoms with Crippen molar-refractivity contribution >= 4 is 0 Å². The van der Waals surface area contributed by atoms with Crippen LogP contribution in [0.2, 0.25) is 0 Å². The minimum absolute atomic E-state index is 0.843. The molecule has 0 aliphatic carbocycles. The number of likely N-dealkylation sites (tertiary alicyclic amines) is 2. The Morgan fingerprint density at radius 3 is 1.39 bits per heavy atom. The maximum absolute atomic E-state index is 2.67. The van der Waals surface area contributed by atoms with E-state index < -0.39 is 0 Å². The minimum Gasteiger partial charge on any atom is -0.298 e. The first-order valence-corrected chi connectivity index (χ1v) is 8.88. The van der Waals surface area contributed by atoms with Crippen LogP contribution in [0.1, 0.15) is 17.5 Å². The zero-order chi connectivity index (χ0) is 15.5. The number of hydrogen-bond donors (Lipinski definition) is 0. The molecule has 2 aromatic carbocycles. The highest BCUT2D eigenvalue weighted by molar-refractivity contribution is 5.16. The summed E-state index contributed by atoms with van der Waals surface area (Å²) in [6.07, 6.45) is 1.43. The fourth-order valence-electron chi connectivity index (χ4n) is 4.44. The van der Waals surface area contributed by atoms with E-state index in [0.717, 1.165) is 24.9 Å². The number of hydrogen-bond acceptors (Lipinski definition) is 2. The Kier molecular flexibility index (Phi) is 4.45. The predicted octanol–water partition coefficient (Wildman–Crippen LogP) is 3.64. The molecule has 0 aromatic heterocycles. The van der Waals surface area contributed by atoms with Gasteiger partial charge >= 0.3 is 0 Å². The van der Waals surface area contributed by atoms with Crippen molar-refractivity contribution in [2.45, 2.75) is 19.5 Å². The maximum Gasteiger partial charge on any atom is 0.0233 e. The summed E-state index contributed by atoms with van der Waals surface area (Å²) < 4.78 is 0. The van der Waals surface area contributed by atoms with E-state index in [1.54, 1.807) is 0 Å². The summed E-state index contributed by atoms with van der Waals surface area (Å²) in [4.78, 5) is 5.35. The van der Waals surface area contributed by atoms with Gasteiger partial charge in [0.2, 0.25) is 0 Å². The van der Waals surface area contributed by atoms with Crippen LogP contribution in [0.5, 0.6) is 0 Å². The third kappa shape index (κ3) is 3.82. The molecule has 0 N–H and O–H groups in total. The van der Waals surface area contributed by atoms with Crippen molar-refractivity contribution in [3.05, 3.63) is 71.8 Å². The second-order valence-corrected chi connectivity index (χ2v) is 7.33. The minimum atomic E-state index is 0.843. The first-order chi connectivity index (χ1) is 11.3. The van der Waals surface area contributed by atoms with Crippen molar-refractivity contribution in [1.82, 2.24) is 9.80 Å². The second-order valence-electron chi connectivity index (χ2n) is 7.33. The molecule has 0 atom stereocenters. The van der Waals surface area contributed by atoms with Crippen LogP contribution in [0.3, 0.4) is 0 Å². The molecule has 0 radical (unpaired) electrons. The van der Waals surface area contributed by atoms with Gasteiger partial charge in [0.1, 0.15) is 0 Å². The van der Waals surface area contributed by atoms with E-state index in [1.807, 2.05) is 0 Å². The quantitative estimate of drug-likeness (QED) is 0.851. The number of piperidine rings is 2. The highest BCUT2D eigenvalue weighted by Crippen LogP contribution is 2.30. The van der Waals surface area contributed by atoms with E-state index in [2.05, 4.69) is 70.5 Å². The molecule has 2 bridgehead atoms. The van der Waals surface area contributed by atoms with Crippen LogP contribution in [0.4, 0.5) is 0 Å². The van der Waals surface area contributed by atoms with Gasteiger partial charge in [-0.25, -0.2) is 0 Å². The van der Waals surface area contributed by atoms with Gasteiger partial charge in [-0.2, -0.15) is 0 Å². The molecular formula is C21H26N2. The van der Waals surface area contributed by atoms with Crippen molar-refractivity contribution < 1.29 is 0 Å². The van der Waals surface area contributed by atoms with Crippen LogP contribution in [0.25, 0.3) is 0 Å². The molecule has 2 nitrogen and oxygen atoms in total. The molecule has 2 aliphatic rings. The van der Waals surface area contributed by atoms with E-state index in [9.17, 15) is 0 Å². The van der Waals surface area contributed by atoms with Gasteiger partial charge in [0, 0.05) is 39.3 Å². The third-order valence-electron chi connectivity index (χ3n) is 5.23. The monoisotopic (exact) mass is 306 g/mol. The molecule has 0 saturated carbocycles. The van der Waals surface area contributed by atoms with Crippen molar-refractivity contribution in [1.29, 1.82) is 0 Å². The van der Waals surface area contributed by atoms with Gasteiger partial charge in [-0.05, 0) is 29.4 Å². The van der Waals surface area contributed by atoms with E-state index in [-0.39, 0.29) is 0 Å². The second kappa shape index (κ2) is 6.86. The standard InChI is InChI=1S/C21H26N2/c1-3-7-18(8-4-1)12-22-14-20-11-21(15-22)17-23(16-20)13-19-9-5-2-6-10-19/h1-10,20-21H,11-17H2. The number of benzene rings is 2. The van der Waals surface area contributed by atoms with Crippen LogP contribution >= 0.6 is 0 Å². The molecule has 0 amide bonds. The molecule has 2 heterocycles. The predicted molar refractivity (Wildman–Crippen MR) is 95.0 cm³/mol. The average molecular weight is 306 g/mol. The molecule has 2 fully saturated rings. The summed E-state index contributed by atoms with van der Waals surface area (Å²) in [5.74, 6) is 1.69. The van der Waals surface area contributed by atoms with Crippen LogP contribution < -0.4 is 0 Å². The first kappa shape index (κ1) is 14.9. The zero-order valence-corrected chi connectivity index (χ0v) is 13.8. The lowest BCUT2D eigenvalue weighted by Gasteiger charge is -2.46. The number of fused-ring (bicyclic) bond motifs is 2. The summed E-state index contributed by atoms with van der Waals surface area (Å²) in [6.45, 7) is 7.28. The molecule has 0 spiro atoms. The Bertz CT molecular complexity index is 543. The molecule has 120 valence electrons. The van der Waals surface area contributed by atoms with Crippen LogP contribution in [-0.2, 0) is 13.1 Å². The Labute approximate surface area is 139 Å². The molecule has 2 aromatic rings.